The van der Waals surface area contributed by atoms with E-state index in [1.807, 2.05) is 0 Å². The minimum Gasteiger partial charge on any atom is -0.465 e. The zero-order valence-corrected chi connectivity index (χ0v) is 18.7. The number of aromatic nitrogens is 1. The molecule has 1 atom stereocenters. The van der Waals surface area contributed by atoms with E-state index in [0.29, 0.717) is 11.3 Å². The summed E-state index contributed by atoms with van der Waals surface area (Å²) in [6, 6.07) is 7.60. The van der Waals surface area contributed by atoms with Crippen molar-refractivity contribution < 1.29 is 31.3 Å². The van der Waals surface area contributed by atoms with Crippen molar-refractivity contribution in [3.05, 3.63) is 51.4 Å². The zero-order chi connectivity index (χ0) is 20.6. The van der Waals surface area contributed by atoms with Gasteiger partial charge in [-0.25, -0.2) is 4.79 Å². The van der Waals surface area contributed by atoms with Crippen LogP contribution >= 0.6 is 22.6 Å². The summed E-state index contributed by atoms with van der Waals surface area (Å²) in [5.74, 6) is -0.714. The van der Waals surface area contributed by atoms with Crippen molar-refractivity contribution in [2.75, 3.05) is 12.4 Å². The Balaban J connectivity index is 0.000000277. The Labute approximate surface area is 172 Å². The number of rotatable bonds is 4. The van der Waals surface area contributed by atoms with E-state index >= 15 is 0 Å². The van der Waals surface area contributed by atoms with Crippen LogP contribution in [-0.2, 0) is 17.1 Å². The molecule has 2 aromatic rings. The SMILES string of the molecule is CC(=O)Nc1ccccc1[As](=O)(O)OO.COC(=O)c1cc(I)cnc1C. The van der Waals surface area contributed by atoms with Gasteiger partial charge in [-0.05, 0) is 35.6 Å². The standard InChI is InChI=1S/C8H10AsNO5.C8H8INO2/c1-6(11)10-8-5-3-2-4-7(8)9(12,13)15-14;1-5-7(8(11)12-2)3-6(9)4-10-5/h2-5,14H,1H3,(H,10,11)(H,12,13);3-4H,1-2H3. The molecule has 27 heavy (non-hydrogen) atoms. The van der Waals surface area contributed by atoms with Crippen LogP contribution in [-0.4, -0.2) is 47.5 Å². The molecule has 0 radical (unpaired) electrons. The molecule has 0 saturated carbocycles. The number of aryl methyl sites for hydroxylation is 1. The summed E-state index contributed by atoms with van der Waals surface area (Å²) in [7, 11) is 1.36. The van der Waals surface area contributed by atoms with Crippen molar-refractivity contribution in [3.63, 3.8) is 0 Å². The number of anilines is 1. The fraction of sp³-hybridized carbons (Fsp3) is 0.188. The molecule has 11 heteroatoms. The van der Waals surface area contributed by atoms with Gasteiger partial charge in [-0.1, -0.05) is 0 Å². The number of nitrogens with zero attached hydrogens (tertiary/aromatic N) is 1. The molecular formula is C16H18AsIN2O7. The maximum atomic E-state index is 11.4. The van der Waals surface area contributed by atoms with Crippen molar-refractivity contribution in [2.45, 2.75) is 13.8 Å². The van der Waals surface area contributed by atoms with Crippen molar-refractivity contribution in [1.82, 2.24) is 4.98 Å². The maximum absolute atomic E-state index is 11.4. The number of pyridine rings is 1. The molecule has 0 aliphatic heterocycles. The minimum absolute atomic E-state index is 0.103. The Kier molecular flexibility index (Phi) is 9.13. The molecule has 146 valence electrons. The third-order valence-corrected chi connectivity index (χ3v) is 6.24. The quantitative estimate of drug-likeness (QED) is 0.171. The van der Waals surface area contributed by atoms with Gasteiger partial charge in [0.2, 0.25) is 0 Å². The van der Waals surface area contributed by atoms with Crippen LogP contribution in [0, 0.1) is 10.5 Å². The number of hydrogen-bond acceptors (Lipinski definition) is 7. The zero-order valence-electron chi connectivity index (χ0n) is 14.7. The molecule has 0 bridgehead atoms. The predicted molar refractivity (Wildman–Crippen MR) is 106 cm³/mol. The second kappa shape index (κ2) is 10.6. The Bertz CT molecular complexity index is 876. The average molecular weight is 552 g/mol. The van der Waals surface area contributed by atoms with Gasteiger partial charge >= 0.3 is 94.4 Å². The summed E-state index contributed by atoms with van der Waals surface area (Å²) in [6.07, 6.45) is 1.71. The number of nitrogens with one attached hydrogen (secondary N) is 1. The molecule has 9 nitrogen and oxygen atoms in total. The smallest absolute Gasteiger partial charge is 0.339 e. The van der Waals surface area contributed by atoms with Gasteiger partial charge in [0.05, 0.1) is 18.4 Å². The summed E-state index contributed by atoms with van der Waals surface area (Å²) in [4.78, 5) is 26.0. The third-order valence-electron chi connectivity index (χ3n) is 3.09. The molecule has 3 N–H and O–H groups in total. The van der Waals surface area contributed by atoms with Gasteiger partial charge in [0.1, 0.15) is 0 Å². The van der Waals surface area contributed by atoms with Gasteiger partial charge in [-0.2, -0.15) is 0 Å². The fourth-order valence-corrected chi connectivity index (χ4v) is 4.01. The number of amides is 1. The average Bonchev–Trinajstić information content (AvgIpc) is 2.63. The summed E-state index contributed by atoms with van der Waals surface area (Å²) < 4.78 is 29.6. The molecule has 0 aliphatic carbocycles. The number of carbonyl (C=O) groups excluding carboxylic acids is 2. The first-order valence-corrected chi connectivity index (χ1v) is 11.7. The summed E-state index contributed by atoms with van der Waals surface area (Å²) >= 11 is -2.82. The van der Waals surface area contributed by atoms with Crippen LogP contribution in [0.5, 0.6) is 0 Å². The van der Waals surface area contributed by atoms with E-state index in [2.05, 4.69) is 41.5 Å². The van der Waals surface area contributed by atoms with E-state index in [9.17, 15) is 17.4 Å². The maximum Gasteiger partial charge on any atom is 0.339 e. The van der Waals surface area contributed by atoms with Gasteiger partial charge in [0.25, 0.3) is 0 Å². The van der Waals surface area contributed by atoms with Crippen LogP contribution in [0.3, 0.4) is 0 Å². The molecule has 2 rings (SSSR count). The summed E-state index contributed by atoms with van der Waals surface area (Å²) in [5, 5.41) is 10.7. The topological polar surface area (TPSA) is 135 Å². The third kappa shape index (κ3) is 7.07. The number of para-hydroxylation sites is 1. The van der Waals surface area contributed by atoms with Gasteiger partial charge in [0, 0.05) is 9.77 Å². The molecule has 0 aliphatic rings. The van der Waals surface area contributed by atoms with Crippen LogP contribution in [0.25, 0.3) is 0 Å². The number of ether oxygens (including phenoxy) is 1. The van der Waals surface area contributed by atoms with Crippen molar-refractivity contribution in [2.24, 2.45) is 0 Å². The van der Waals surface area contributed by atoms with Crippen LogP contribution < -0.4 is 9.67 Å². The first-order valence-electron chi connectivity index (χ1n) is 7.36. The van der Waals surface area contributed by atoms with E-state index < -0.39 is 14.2 Å². The van der Waals surface area contributed by atoms with Crippen LogP contribution in [0.4, 0.5) is 5.69 Å². The molecule has 0 fully saturated rings. The van der Waals surface area contributed by atoms with E-state index in [0.717, 1.165) is 3.57 Å². The fourth-order valence-electron chi connectivity index (χ4n) is 1.88. The molecule has 1 aromatic carbocycles. The summed E-state index contributed by atoms with van der Waals surface area (Å²) in [6.45, 7) is 3.05. The number of esters is 1. The second-order valence-electron chi connectivity index (χ2n) is 5.08. The van der Waals surface area contributed by atoms with Crippen molar-refractivity contribution in [3.8, 4) is 0 Å². The Hall–Kier alpha value is -1.72. The van der Waals surface area contributed by atoms with Gasteiger partial charge in [0.15, 0.2) is 0 Å². The number of carbonyl (C=O) groups is 2. The van der Waals surface area contributed by atoms with E-state index in [4.69, 9.17) is 5.26 Å². The van der Waals surface area contributed by atoms with E-state index in [1.54, 1.807) is 25.3 Å². The minimum atomic E-state index is -4.92. The number of hydrogen-bond donors (Lipinski definition) is 3. The van der Waals surface area contributed by atoms with E-state index in [1.165, 1.54) is 32.2 Å². The summed E-state index contributed by atoms with van der Waals surface area (Å²) in [5.41, 5.74) is 1.38. The molecule has 1 amide bonds. The van der Waals surface area contributed by atoms with Crippen LogP contribution in [0.2, 0.25) is 0 Å². The number of halogens is 1. The number of benzene rings is 1. The Morgan fingerprint density at radius 1 is 1.30 bits per heavy atom. The molecule has 0 spiro atoms. The Morgan fingerprint density at radius 2 is 1.93 bits per heavy atom. The van der Waals surface area contributed by atoms with Gasteiger partial charge in [-0.15, -0.1) is 0 Å². The number of methoxy groups -OCH3 is 1. The molecule has 1 aromatic heterocycles. The van der Waals surface area contributed by atoms with Gasteiger partial charge < -0.3 is 4.74 Å². The largest absolute Gasteiger partial charge is 0.465 e. The molecule has 0 saturated heterocycles. The molecular weight excluding hydrogens is 534 g/mol. The van der Waals surface area contributed by atoms with Gasteiger partial charge in [-0.3, -0.25) is 4.98 Å². The predicted octanol–water partition coefficient (Wildman–Crippen LogP) is 1.48. The first-order chi connectivity index (χ1) is 12.6. The van der Waals surface area contributed by atoms with Crippen molar-refractivity contribution in [1.29, 1.82) is 0 Å². The molecule has 1 heterocycles. The van der Waals surface area contributed by atoms with Crippen LogP contribution in [0.15, 0.2) is 36.5 Å². The Morgan fingerprint density at radius 3 is 2.48 bits per heavy atom. The van der Waals surface area contributed by atoms with E-state index in [-0.39, 0.29) is 21.9 Å². The monoisotopic (exact) mass is 552 g/mol. The van der Waals surface area contributed by atoms with Crippen molar-refractivity contribution >= 4 is 58.7 Å². The van der Waals surface area contributed by atoms with Crippen LogP contribution in [0.1, 0.15) is 23.0 Å². The molecule has 1 unspecified atom stereocenters. The normalized spacial score (nSPS) is 12.2. The second-order valence-corrected chi connectivity index (χ2v) is 9.86. The first kappa shape index (κ1) is 23.3.